The Balaban J connectivity index is 1.74. The Bertz CT molecular complexity index is 614. The van der Waals surface area contributed by atoms with Gasteiger partial charge in [0, 0.05) is 43.8 Å². The lowest BCUT2D eigenvalue weighted by molar-refractivity contribution is 0.0699. The van der Waals surface area contributed by atoms with Gasteiger partial charge in [0.05, 0.1) is 17.6 Å². The molecular weight excluding hydrogens is 266 g/mol. The maximum atomic E-state index is 12.5. The summed E-state index contributed by atoms with van der Waals surface area (Å²) in [6, 6.07) is 0. The topological polar surface area (TPSA) is 71.9 Å². The molecule has 6 nitrogen and oxygen atoms in total. The summed E-state index contributed by atoms with van der Waals surface area (Å²) in [7, 11) is 0. The lowest BCUT2D eigenvalue weighted by atomic mass is 9.95. The van der Waals surface area contributed by atoms with Crippen molar-refractivity contribution in [1.82, 2.24) is 24.8 Å². The zero-order valence-corrected chi connectivity index (χ0v) is 11.9. The number of nitrogens with zero attached hydrogens (tertiary/aromatic N) is 5. The molecule has 0 spiro atoms. The summed E-state index contributed by atoms with van der Waals surface area (Å²) in [4.78, 5) is 31.1. The minimum atomic E-state index is -0.0592. The fraction of sp³-hybridized carbons (Fsp3) is 0.400. The molecule has 1 amide bonds. The lowest BCUT2D eigenvalue weighted by Crippen LogP contribution is -2.39. The molecule has 2 aromatic heterocycles. The van der Waals surface area contributed by atoms with Gasteiger partial charge in [0.15, 0.2) is 0 Å². The number of aromatic nitrogens is 4. The van der Waals surface area contributed by atoms with Crippen LogP contribution in [-0.4, -0.2) is 43.8 Å². The third-order valence-electron chi connectivity index (χ3n) is 3.71. The van der Waals surface area contributed by atoms with Crippen molar-refractivity contribution in [2.45, 2.75) is 25.7 Å². The Morgan fingerprint density at radius 3 is 2.81 bits per heavy atom. The van der Waals surface area contributed by atoms with Crippen LogP contribution < -0.4 is 0 Å². The molecule has 0 saturated carbocycles. The standard InChI is InChI=1S/C15H17N5O/c1-11-7-19-14(9-18-11)15(21)20-6-2-3-12(10-20)13-8-16-4-5-17-13/h4-5,7-9,12H,2-3,6,10H2,1H3/t12-/m1/s1. The van der Waals surface area contributed by atoms with Crippen LogP contribution in [-0.2, 0) is 0 Å². The molecule has 3 rings (SSSR count). The van der Waals surface area contributed by atoms with Gasteiger partial charge >= 0.3 is 0 Å². The highest BCUT2D eigenvalue weighted by molar-refractivity contribution is 5.92. The molecule has 0 aromatic carbocycles. The van der Waals surface area contributed by atoms with Crippen LogP contribution >= 0.6 is 0 Å². The van der Waals surface area contributed by atoms with Crippen molar-refractivity contribution in [1.29, 1.82) is 0 Å². The van der Waals surface area contributed by atoms with Crippen LogP contribution in [0.25, 0.3) is 0 Å². The van der Waals surface area contributed by atoms with E-state index in [1.165, 1.54) is 0 Å². The van der Waals surface area contributed by atoms with Gasteiger partial charge in [-0.2, -0.15) is 0 Å². The highest BCUT2D eigenvalue weighted by Gasteiger charge is 2.27. The van der Waals surface area contributed by atoms with Crippen molar-refractivity contribution in [3.63, 3.8) is 0 Å². The monoisotopic (exact) mass is 283 g/mol. The summed E-state index contributed by atoms with van der Waals surface area (Å²) >= 11 is 0. The first kappa shape index (κ1) is 13.6. The molecule has 0 bridgehead atoms. The molecule has 1 fully saturated rings. The number of likely N-dealkylation sites (tertiary alicyclic amines) is 1. The van der Waals surface area contributed by atoms with Gasteiger partial charge in [0.2, 0.25) is 0 Å². The van der Waals surface area contributed by atoms with Crippen molar-refractivity contribution in [3.05, 3.63) is 48.1 Å². The molecule has 0 unspecified atom stereocenters. The van der Waals surface area contributed by atoms with E-state index in [0.717, 1.165) is 30.8 Å². The third kappa shape index (κ3) is 3.04. The zero-order valence-electron chi connectivity index (χ0n) is 11.9. The van der Waals surface area contributed by atoms with Gasteiger partial charge < -0.3 is 4.90 Å². The number of amides is 1. The van der Waals surface area contributed by atoms with E-state index in [1.807, 2.05) is 11.8 Å². The minimum Gasteiger partial charge on any atom is -0.337 e. The first-order valence-electron chi connectivity index (χ1n) is 7.08. The van der Waals surface area contributed by atoms with Crippen molar-refractivity contribution in [2.24, 2.45) is 0 Å². The first-order chi connectivity index (χ1) is 10.2. The second-order valence-electron chi connectivity index (χ2n) is 5.26. The molecule has 1 atom stereocenters. The van der Waals surface area contributed by atoms with Gasteiger partial charge in [-0.25, -0.2) is 4.98 Å². The summed E-state index contributed by atoms with van der Waals surface area (Å²) in [5.41, 5.74) is 2.16. The van der Waals surface area contributed by atoms with Crippen molar-refractivity contribution in [3.8, 4) is 0 Å². The SMILES string of the molecule is Cc1cnc(C(=O)N2CCC[C@@H](c3cnccn3)C2)cn1. The summed E-state index contributed by atoms with van der Waals surface area (Å²) in [6.07, 6.45) is 10.3. The molecule has 6 heteroatoms. The molecule has 2 aromatic rings. The normalized spacial score (nSPS) is 18.5. The van der Waals surface area contributed by atoms with Gasteiger partial charge in [-0.05, 0) is 19.8 Å². The number of carbonyl (C=O) groups excluding carboxylic acids is 1. The Labute approximate surface area is 123 Å². The van der Waals surface area contributed by atoms with Crippen LogP contribution in [0.1, 0.15) is 40.6 Å². The second-order valence-corrected chi connectivity index (χ2v) is 5.26. The van der Waals surface area contributed by atoms with Crippen LogP contribution in [0.4, 0.5) is 0 Å². The molecule has 21 heavy (non-hydrogen) atoms. The quantitative estimate of drug-likeness (QED) is 0.837. The summed E-state index contributed by atoms with van der Waals surface area (Å²) in [5.74, 6) is 0.186. The van der Waals surface area contributed by atoms with Crippen LogP contribution in [0.2, 0.25) is 0 Å². The van der Waals surface area contributed by atoms with Crippen molar-refractivity contribution < 1.29 is 4.79 Å². The Hall–Kier alpha value is -2.37. The zero-order chi connectivity index (χ0) is 14.7. The highest BCUT2D eigenvalue weighted by atomic mass is 16.2. The van der Waals surface area contributed by atoms with Gasteiger partial charge in [-0.1, -0.05) is 0 Å². The van der Waals surface area contributed by atoms with E-state index in [0.29, 0.717) is 12.2 Å². The number of aryl methyl sites for hydroxylation is 1. The fourth-order valence-electron chi connectivity index (χ4n) is 2.59. The van der Waals surface area contributed by atoms with Crippen LogP contribution in [0.3, 0.4) is 0 Å². The number of hydrogen-bond acceptors (Lipinski definition) is 5. The lowest BCUT2D eigenvalue weighted by Gasteiger charge is -2.32. The molecule has 108 valence electrons. The number of piperidine rings is 1. The second kappa shape index (κ2) is 5.95. The molecule has 3 heterocycles. The van der Waals surface area contributed by atoms with E-state index in [1.54, 1.807) is 31.0 Å². The van der Waals surface area contributed by atoms with Gasteiger partial charge in [-0.3, -0.25) is 19.7 Å². The number of hydrogen-bond donors (Lipinski definition) is 0. The molecule has 1 aliphatic heterocycles. The van der Waals surface area contributed by atoms with E-state index < -0.39 is 0 Å². The number of carbonyl (C=O) groups is 1. The van der Waals surface area contributed by atoms with Crippen LogP contribution in [0.15, 0.2) is 31.0 Å². The minimum absolute atomic E-state index is 0.0592. The Kier molecular flexibility index (Phi) is 3.85. The smallest absolute Gasteiger partial charge is 0.274 e. The molecule has 0 N–H and O–H groups in total. The van der Waals surface area contributed by atoms with Gasteiger partial charge in [0.25, 0.3) is 5.91 Å². The van der Waals surface area contributed by atoms with Gasteiger partial charge in [0.1, 0.15) is 5.69 Å². The largest absolute Gasteiger partial charge is 0.337 e. The van der Waals surface area contributed by atoms with Crippen LogP contribution in [0, 0.1) is 6.92 Å². The molecule has 0 aliphatic carbocycles. The predicted molar refractivity (Wildman–Crippen MR) is 76.7 cm³/mol. The van der Waals surface area contributed by atoms with Crippen LogP contribution in [0.5, 0.6) is 0 Å². The maximum Gasteiger partial charge on any atom is 0.274 e. The predicted octanol–water partition coefficient (Wildman–Crippen LogP) is 1.59. The third-order valence-corrected chi connectivity index (χ3v) is 3.71. The average Bonchev–Trinajstić information content (AvgIpc) is 2.56. The molecule has 1 aliphatic rings. The van der Waals surface area contributed by atoms with Crippen molar-refractivity contribution in [2.75, 3.05) is 13.1 Å². The number of rotatable bonds is 2. The van der Waals surface area contributed by atoms with E-state index in [-0.39, 0.29) is 11.8 Å². The first-order valence-corrected chi connectivity index (χ1v) is 7.08. The average molecular weight is 283 g/mol. The molecular formula is C15H17N5O. The summed E-state index contributed by atoms with van der Waals surface area (Å²) in [6.45, 7) is 3.27. The van der Waals surface area contributed by atoms with E-state index in [9.17, 15) is 4.79 Å². The van der Waals surface area contributed by atoms with Gasteiger partial charge in [-0.15, -0.1) is 0 Å². The fourth-order valence-corrected chi connectivity index (χ4v) is 2.59. The van der Waals surface area contributed by atoms with E-state index in [2.05, 4.69) is 19.9 Å². The molecule has 1 saturated heterocycles. The Morgan fingerprint density at radius 1 is 1.19 bits per heavy atom. The van der Waals surface area contributed by atoms with E-state index >= 15 is 0 Å². The highest BCUT2D eigenvalue weighted by Crippen LogP contribution is 2.25. The Morgan fingerprint density at radius 2 is 2.10 bits per heavy atom. The maximum absolute atomic E-state index is 12.5. The van der Waals surface area contributed by atoms with E-state index in [4.69, 9.17) is 0 Å². The summed E-state index contributed by atoms with van der Waals surface area (Å²) in [5, 5.41) is 0. The molecule has 0 radical (unpaired) electrons. The summed E-state index contributed by atoms with van der Waals surface area (Å²) < 4.78 is 0. The van der Waals surface area contributed by atoms with Crippen molar-refractivity contribution >= 4 is 5.91 Å².